The lowest BCUT2D eigenvalue weighted by Gasteiger charge is -2.14. The van der Waals surface area contributed by atoms with E-state index in [4.69, 9.17) is 9.47 Å². The number of ether oxygens (including phenoxy) is 2. The summed E-state index contributed by atoms with van der Waals surface area (Å²) >= 11 is 0. The average Bonchev–Trinajstić information content (AvgIpc) is 2.60. The molecule has 0 aliphatic heterocycles. The van der Waals surface area contributed by atoms with Crippen molar-refractivity contribution in [1.29, 1.82) is 0 Å². The van der Waals surface area contributed by atoms with Crippen molar-refractivity contribution in [3.05, 3.63) is 60.2 Å². The predicted molar refractivity (Wildman–Crippen MR) is 92.6 cm³/mol. The second-order valence-electron chi connectivity index (χ2n) is 5.33. The maximum atomic E-state index is 11.9. The predicted octanol–water partition coefficient (Wildman–Crippen LogP) is 2.84. The van der Waals surface area contributed by atoms with Gasteiger partial charge in [-0.05, 0) is 38.1 Å². The van der Waals surface area contributed by atoms with E-state index in [1.807, 2.05) is 6.07 Å². The number of nitrogens with one attached hydrogen (secondary N) is 1. The minimum Gasteiger partial charge on any atom is -0.479 e. The van der Waals surface area contributed by atoms with Gasteiger partial charge in [-0.3, -0.25) is 9.59 Å². The van der Waals surface area contributed by atoms with E-state index in [2.05, 4.69) is 5.32 Å². The number of amides is 1. The molecule has 6 nitrogen and oxygen atoms in total. The van der Waals surface area contributed by atoms with Gasteiger partial charge in [0.15, 0.2) is 18.5 Å². The number of para-hydroxylation sites is 2. The molecule has 1 atom stereocenters. The molecule has 2 aromatic rings. The molecule has 2 rings (SSSR count). The number of carbonyl (C=O) groups is 3. The summed E-state index contributed by atoms with van der Waals surface area (Å²) in [4.78, 5) is 35.4. The normalized spacial score (nSPS) is 11.3. The van der Waals surface area contributed by atoms with Crippen LogP contribution in [0, 0.1) is 0 Å². The van der Waals surface area contributed by atoms with Crippen molar-refractivity contribution in [2.75, 3.05) is 11.9 Å². The van der Waals surface area contributed by atoms with E-state index in [-0.39, 0.29) is 5.78 Å². The molecule has 0 aromatic heterocycles. The van der Waals surface area contributed by atoms with Crippen molar-refractivity contribution >= 4 is 23.3 Å². The van der Waals surface area contributed by atoms with E-state index < -0.39 is 24.6 Å². The van der Waals surface area contributed by atoms with Crippen LogP contribution in [0.15, 0.2) is 54.6 Å². The summed E-state index contributed by atoms with van der Waals surface area (Å²) in [7, 11) is 0. The Bertz CT molecular complexity index is 757. The van der Waals surface area contributed by atoms with Crippen molar-refractivity contribution in [2.24, 2.45) is 0 Å². The average molecular weight is 341 g/mol. The largest absolute Gasteiger partial charge is 0.479 e. The van der Waals surface area contributed by atoms with Crippen molar-refractivity contribution in [1.82, 2.24) is 0 Å². The van der Waals surface area contributed by atoms with Gasteiger partial charge in [0.1, 0.15) is 5.75 Å². The highest BCUT2D eigenvalue weighted by Gasteiger charge is 2.18. The molecule has 2 aromatic carbocycles. The molecule has 0 saturated carbocycles. The van der Waals surface area contributed by atoms with Crippen LogP contribution in [-0.4, -0.2) is 30.4 Å². The van der Waals surface area contributed by atoms with Gasteiger partial charge in [0.2, 0.25) is 0 Å². The molecule has 0 spiro atoms. The molecule has 1 amide bonds. The molecule has 0 bridgehead atoms. The summed E-state index contributed by atoms with van der Waals surface area (Å²) < 4.78 is 10.4. The Balaban J connectivity index is 1.85. The number of rotatable bonds is 7. The standard InChI is InChI=1S/C19H19NO5/c1-13(21)16-10-6-7-11-17(16)20-18(22)12-24-19(23)14(2)25-15-8-4-3-5-9-15/h3-11,14H,12H2,1-2H3,(H,20,22)/t14-/m0/s1. The first-order valence-electron chi connectivity index (χ1n) is 7.75. The van der Waals surface area contributed by atoms with Crippen LogP contribution in [0.2, 0.25) is 0 Å². The highest BCUT2D eigenvalue weighted by Crippen LogP contribution is 2.15. The summed E-state index contributed by atoms with van der Waals surface area (Å²) in [6.07, 6.45) is -0.847. The monoisotopic (exact) mass is 341 g/mol. The van der Waals surface area contributed by atoms with Crippen LogP contribution in [0.25, 0.3) is 0 Å². The minimum absolute atomic E-state index is 0.169. The van der Waals surface area contributed by atoms with Crippen LogP contribution in [0.4, 0.5) is 5.69 Å². The highest BCUT2D eigenvalue weighted by molar-refractivity contribution is 6.04. The first-order valence-corrected chi connectivity index (χ1v) is 7.75. The second kappa shape index (κ2) is 8.63. The van der Waals surface area contributed by atoms with Crippen molar-refractivity contribution in [3.63, 3.8) is 0 Å². The second-order valence-corrected chi connectivity index (χ2v) is 5.33. The van der Waals surface area contributed by atoms with E-state index >= 15 is 0 Å². The smallest absolute Gasteiger partial charge is 0.347 e. The fraction of sp³-hybridized carbons (Fsp3) is 0.211. The van der Waals surface area contributed by atoms with Gasteiger partial charge in [-0.1, -0.05) is 30.3 Å². The van der Waals surface area contributed by atoms with Crippen LogP contribution in [0.1, 0.15) is 24.2 Å². The van der Waals surface area contributed by atoms with Gasteiger partial charge >= 0.3 is 5.97 Å². The zero-order chi connectivity index (χ0) is 18.2. The molecule has 0 aliphatic rings. The van der Waals surface area contributed by atoms with E-state index in [1.165, 1.54) is 13.8 Å². The van der Waals surface area contributed by atoms with Gasteiger partial charge in [0.05, 0.1) is 5.69 Å². The van der Waals surface area contributed by atoms with Gasteiger partial charge in [-0.15, -0.1) is 0 Å². The number of hydrogen-bond donors (Lipinski definition) is 1. The third kappa shape index (κ3) is 5.46. The molecule has 0 heterocycles. The van der Waals surface area contributed by atoms with Gasteiger partial charge < -0.3 is 14.8 Å². The maximum absolute atomic E-state index is 11.9. The zero-order valence-electron chi connectivity index (χ0n) is 14.0. The quantitative estimate of drug-likeness (QED) is 0.618. The van der Waals surface area contributed by atoms with E-state index in [0.717, 1.165) is 0 Å². The van der Waals surface area contributed by atoms with Crippen LogP contribution < -0.4 is 10.1 Å². The molecular weight excluding hydrogens is 322 g/mol. The lowest BCUT2D eigenvalue weighted by atomic mass is 10.1. The van der Waals surface area contributed by atoms with Crippen LogP contribution >= 0.6 is 0 Å². The Hall–Kier alpha value is -3.15. The molecular formula is C19H19NO5. The topological polar surface area (TPSA) is 81.7 Å². The van der Waals surface area contributed by atoms with Crippen LogP contribution in [0.5, 0.6) is 5.75 Å². The van der Waals surface area contributed by atoms with E-state index in [9.17, 15) is 14.4 Å². The van der Waals surface area contributed by atoms with Gasteiger partial charge in [0.25, 0.3) is 5.91 Å². The van der Waals surface area contributed by atoms with Crippen molar-refractivity contribution in [3.8, 4) is 5.75 Å². The van der Waals surface area contributed by atoms with Crippen molar-refractivity contribution < 1.29 is 23.9 Å². The first-order chi connectivity index (χ1) is 12.0. The molecule has 1 N–H and O–H groups in total. The minimum atomic E-state index is -0.847. The van der Waals surface area contributed by atoms with Gasteiger partial charge in [0, 0.05) is 5.56 Å². The number of carbonyl (C=O) groups excluding carboxylic acids is 3. The van der Waals surface area contributed by atoms with Crippen LogP contribution in [0.3, 0.4) is 0 Å². The number of Topliss-reactive ketones (excluding diaryl/α,β-unsaturated/α-hetero) is 1. The fourth-order valence-corrected chi connectivity index (χ4v) is 2.09. The van der Waals surface area contributed by atoms with E-state index in [0.29, 0.717) is 17.0 Å². The lowest BCUT2D eigenvalue weighted by Crippen LogP contribution is -2.30. The Labute approximate surface area is 145 Å². The SMILES string of the molecule is CC(=O)c1ccccc1NC(=O)COC(=O)[C@H](C)Oc1ccccc1. The summed E-state index contributed by atoms with van der Waals surface area (Å²) in [5, 5.41) is 2.56. The third-order valence-electron chi connectivity index (χ3n) is 3.31. The summed E-state index contributed by atoms with van der Waals surface area (Å²) in [5.41, 5.74) is 0.771. The molecule has 6 heteroatoms. The molecule has 0 aliphatic carbocycles. The van der Waals surface area contributed by atoms with Crippen molar-refractivity contribution in [2.45, 2.75) is 20.0 Å². The summed E-state index contributed by atoms with van der Waals surface area (Å²) in [6, 6.07) is 15.5. The number of hydrogen-bond acceptors (Lipinski definition) is 5. The lowest BCUT2D eigenvalue weighted by molar-refractivity contribution is -0.153. The molecule has 0 saturated heterocycles. The zero-order valence-corrected chi connectivity index (χ0v) is 14.0. The number of ketones is 1. The number of anilines is 1. The van der Waals surface area contributed by atoms with E-state index in [1.54, 1.807) is 48.5 Å². The molecule has 25 heavy (non-hydrogen) atoms. The number of benzene rings is 2. The molecule has 0 fully saturated rings. The maximum Gasteiger partial charge on any atom is 0.347 e. The van der Waals surface area contributed by atoms with Gasteiger partial charge in [-0.25, -0.2) is 4.79 Å². The Morgan fingerprint density at radius 1 is 1.00 bits per heavy atom. The van der Waals surface area contributed by atoms with Crippen LogP contribution in [-0.2, 0) is 14.3 Å². The first kappa shape index (κ1) is 18.2. The Morgan fingerprint density at radius 3 is 2.32 bits per heavy atom. The highest BCUT2D eigenvalue weighted by atomic mass is 16.6. The van der Waals surface area contributed by atoms with Gasteiger partial charge in [-0.2, -0.15) is 0 Å². The number of esters is 1. The third-order valence-corrected chi connectivity index (χ3v) is 3.31. The fourth-order valence-electron chi connectivity index (χ4n) is 2.09. The molecule has 130 valence electrons. The Kier molecular flexibility index (Phi) is 6.28. The molecule has 0 radical (unpaired) electrons. The summed E-state index contributed by atoms with van der Waals surface area (Å²) in [5.74, 6) is -0.822. The Morgan fingerprint density at radius 2 is 1.64 bits per heavy atom. The summed E-state index contributed by atoms with van der Waals surface area (Å²) in [6.45, 7) is 2.49. The molecule has 0 unspecified atom stereocenters.